The lowest BCUT2D eigenvalue weighted by atomic mass is 10.0. The van der Waals surface area contributed by atoms with Crippen molar-refractivity contribution < 1.29 is 0 Å². The molecule has 1 heterocycles. The molecule has 1 aromatic heterocycles. The van der Waals surface area contributed by atoms with E-state index in [2.05, 4.69) is 29.9 Å². The summed E-state index contributed by atoms with van der Waals surface area (Å²) in [5, 5.41) is 0. The molecule has 0 amide bonds. The van der Waals surface area contributed by atoms with Crippen molar-refractivity contribution in [2.75, 3.05) is 5.73 Å². The molecule has 0 spiro atoms. The van der Waals surface area contributed by atoms with Crippen LogP contribution in [0.5, 0.6) is 0 Å². The first kappa shape index (κ1) is 9.65. The average molecular weight is 199 g/mol. The van der Waals surface area contributed by atoms with Crippen molar-refractivity contribution in [3.63, 3.8) is 0 Å². The van der Waals surface area contributed by atoms with E-state index in [1.165, 1.54) is 11.1 Å². The third-order valence-electron chi connectivity index (χ3n) is 2.59. The van der Waals surface area contributed by atoms with Crippen molar-refractivity contribution in [3.05, 3.63) is 41.7 Å². The Hall–Kier alpha value is -1.90. The van der Waals surface area contributed by atoms with E-state index in [1.807, 2.05) is 12.1 Å². The monoisotopic (exact) mass is 199 g/mol. The van der Waals surface area contributed by atoms with Gasteiger partial charge in [-0.1, -0.05) is 18.2 Å². The van der Waals surface area contributed by atoms with Crippen LogP contribution >= 0.6 is 0 Å². The van der Waals surface area contributed by atoms with E-state index < -0.39 is 0 Å². The first-order valence-electron chi connectivity index (χ1n) is 4.83. The first-order valence-corrected chi connectivity index (χ1v) is 4.83. The maximum Gasteiger partial charge on any atom is 0.149 e. The largest absolute Gasteiger partial charge is 0.382 e. The van der Waals surface area contributed by atoms with Crippen molar-refractivity contribution >= 4 is 5.82 Å². The molecule has 0 atom stereocenters. The highest BCUT2D eigenvalue weighted by Crippen LogP contribution is 2.26. The van der Waals surface area contributed by atoms with Gasteiger partial charge in [-0.15, -0.1) is 0 Å². The Bertz CT molecular complexity index is 492. The van der Waals surface area contributed by atoms with Gasteiger partial charge in [-0.25, -0.2) is 4.98 Å². The molecule has 3 heteroatoms. The van der Waals surface area contributed by atoms with Crippen molar-refractivity contribution in [2.45, 2.75) is 13.8 Å². The highest BCUT2D eigenvalue weighted by atomic mass is 14.9. The Balaban J connectivity index is 2.65. The third-order valence-corrected chi connectivity index (χ3v) is 2.59. The van der Waals surface area contributed by atoms with Gasteiger partial charge in [-0.2, -0.15) is 0 Å². The maximum absolute atomic E-state index is 5.80. The molecule has 2 aromatic rings. The van der Waals surface area contributed by atoms with Crippen LogP contribution in [0.15, 0.2) is 30.6 Å². The molecule has 0 aliphatic carbocycles. The summed E-state index contributed by atoms with van der Waals surface area (Å²) in [6.07, 6.45) is 3.26. The van der Waals surface area contributed by atoms with Crippen LogP contribution in [0, 0.1) is 13.8 Å². The van der Waals surface area contributed by atoms with Crippen LogP contribution in [0.3, 0.4) is 0 Å². The second-order valence-corrected chi connectivity index (χ2v) is 3.54. The zero-order valence-corrected chi connectivity index (χ0v) is 8.86. The maximum atomic E-state index is 5.80. The number of benzene rings is 1. The number of rotatable bonds is 1. The van der Waals surface area contributed by atoms with Gasteiger partial charge in [0.2, 0.25) is 0 Å². The molecular weight excluding hydrogens is 186 g/mol. The fourth-order valence-corrected chi connectivity index (χ4v) is 1.56. The molecule has 0 aliphatic rings. The van der Waals surface area contributed by atoms with Crippen molar-refractivity contribution in [3.8, 4) is 11.3 Å². The fraction of sp³-hybridized carbons (Fsp3) is 0.167. The highest BCUT2D eigenvalue weighted by Gasteiger charge is 2.08. The normalized spacial score (nSPS) is 10.3. The molecule has 2 N–H and O–H groups in total. The number of hydrogen-bond acceptors (Lipinski definition) is 3. The zero-order chi connectivity index (χ0) is 10.8. The number of anilines is 1. The average Bonchev–Trinajstić information content (AvgIpc) is 2.23. The molecule has 0 saturated heterocycles. The van der Waals surface area contributed by atoms with Crippen LogP contribution < -0.4 is 5.73 Å². The summed E-state index contributed by atoms with van der Waals surface area (Å²) in [5.74, 6) is 0.478. The van der Waals surface area contributed by atoms with Crippen LogP contribution in [0.2, 0.25) is 0 Å². The molecule has 1 aromatic carbocycles. The lowest BCUT2D eigenvalue weighted by Crippen LogP contribution is -1.98. The molecule has 3 nitrogen and oxygen atoms in total. The van der Waals surface area contributed by atoms with E-state index in [0.717, 1.165) is 11.3 Å². The van der Waals surface area contributed by atoms with E-state index in [0.29, 0.717) is 5.82 Å². The second kappa shape index (κ2) is 3.69. The highest BCUT2D eigenvalue weighted by molar-refractivity contribution is 5.72. The van der Waals surface area contributed by atoms with Crippen molar-refractivity contribution in [1.29, 1.82) is 0 Å². The predicted molar refractivity (Wildman–Crippen MR) is 61.4 cm³/mol. The molecule has 76 valence electrons. The number of hydrogen-bond donors (Lipinski definition) is 1. The number of nitrogen functional groups attached to an aromatic ring is 1. The summed E-state index contributed by atoms with van der Waals surface area (Å²) in [6.45, 7) is 4.14. The van der Waals surface area contributed by atoms with E-state index in [4.69, 9.17) is 5.73 Å². The first-order chi connectivity index (χ1) is 7.20. The topological polar surface area (TPSA) is 51.8 Å². The summed E-state index contributed by atoms with van der Waals surface area (Å²) >= 11 is 0. The summed E-state index contributed by atoms with van der Waals surface area (Å²) in [7, 11) is 0. The summed E-state index contributed by atoms with van der Waals surface area (Å²) in [6, 6.07) is 6.10. The van der Waals surface area contributed by atoms with Gasteiger partial charge in [0.15, 0.2) is 0 Å². The van der Waals surface area contributed by atoms with Gasteiger partial charge in [-0.05, 0) is 25.0 Å². The molecule has 2 rings (SSSR count). The molecule has 0 radical (unpaired) electrons. The van der Waals surface area contributed by atoms with Gasteiger partial charge in [0, 0.05) is 18.0 Å². The molecular formula is C12H13N3. The fourth-order valence-electron chi connectivity index (χ4n) is 1.56. The Kier molecular flexibility index (Phi) is 2.37. The van der Waals surface area contributed by atoms with Gasteiger partial charge in [0.25, 0.3) is 0 Å². The van der Waals surface area contributed by atoms with Gasteiger partial charge in [0.1, 0.15) is 11.5 Å². The van der Waals surface area contributed by atoms with E-state index in [1.54, 1.807) is 12.4 Å². The van der Waals surface area contributed by atoms with Crippen LogP contribution in [0.4, 0.5) is 5.82 Å². The Morgan fingerprint density at radius 2 is 1.80 bits per heavy atom. The quantitative estimate of drug-likeness (QED) is 0.767. The van der Waals surface area contributed by atoms with E-state index in [-0.39, 0.29) is 0 Å². The minimum atomic E-state index is 0.478. The molecule has 0 unspecified atom stereocenters. The van der Waals surface area contributed by atoms with Crippen molar-refractivity contribution in [2.24, 2.45) is 0 Å². The van der Waals surface area contributed by atoms with E-state index in [9.17, 15) is 0 Å². The minimum absolute atomic E-state index is 0.478. The predicted octanol–water partition coefficient (Wildman–Crippen LogP) is 2.34. The molecule has 0 bridgehead atoms. The number of aryl methyl sites for hydroxylation is 1. The summed E-state index contributed by atoms with van der Waals surface area (Å²) < 4.78 is 0. The van der Waals surface area contributed by atoms with Gasteiger partial charge in [0.05, 0.1) is 0 Å². The Labute approximate surface area is 89.0 Å². The SMILES string of the molecule is Cc1cccc(-c2nccnc2N)c1C. The lowest BCUT2D eigenvalue weighted by molar-refractivity contribution is 1.20. The van der Waals surface area contributed by atoms with Crippen LogP contribution in [0.1, 0.15) is 11.1 Å². The van der Waals surface area contributed by atoms with Crippen LogP contribution in [-0.2, 0) is 0 Å². The summed E-state index contributed by atoms with van der Waals surface area (Å²) in [5.41, 5.74) is 10.0. The van der Waals surface area contributed by atoms with Gasteiger partial charge < -0.3 is 5.73 Å². The Morgan fingerprint density at radius 3 is 2.53 bits per heavy atom. The number of aromatic nitrogens is 2. The van der Waals surface area contributed by atoms with Gasteiger partial charge >= 0.3 is 0 Å². The molecule has 0 fully saturated rings. The van der Waals surface area contributed by atoms with Crippen molar-refractivity contribution in [1.82, 2.24) is 9.97 Å². The number of nitrogens with zero attached hydrogens (tertiary/aromatic N) is 2. The zero-order valence-electron chi connectivity index (χ0n) is 8.86. The third kappa shape index (κ3) is 1.68. The standard InChI is InChI=1S/C12H13N3/c1-8-4-3-5-10(9(8)2)11-12(13)15-7-6-14-11/h3-7H,1-2H3,(H2,13,15). The number of nitrogens with two attached hydrogens (primary N) is 1. The Morgan fingerprint density at radius 1 is 1.07 bits per heavy atom. The van der Waals surface area contributed by atoms with Crippen LogP contribution in [0.25, 0.3) is 11.3 Å². The minimum Gasteiger partial charge on any atom is -0.382 e. The lowest BCUT2D eigenvalue weighted by Gasteiger charge is -2.08. The van der Waals surface area contributed by atoms with Gasteiger partial charge in [-0.3, -0.25) is 4.98 Å². The second-order valence-electron chi connectivity index (χ2n) is 3.54. The van der Waals surface area contributed by atoms with Crippen LogP contribution in [-0.4, -0.2) is 9.97 Å². The molecule has 0 aliphatic heterocycles. The summed E-state index contributed by atoms with van der Waals surface area (Å²) in [4.78, 5) is 8.30. The molecule has 15 heavy (non-hydrogen) atoms. The molecule has 0 saturated carbocycles. The van der Waals surface area contributed by atoms with E-state index >= 15 is 0 Å². The smallest absolute Gasteiger partial charge is 0.149 e.